The molecule has 1 rings (SSSR count). The molecule has 0 saturated heterocycles. The van der Waals surface area contributed by atoms with Gasteiger partial charge in [-0.25, -0.2) is 0 Å². The number of hydrogen-bond donors (Lipinski definition) is 1. The number of carbonyl (C=O) groups is 2. The van der Waals surface area contributed by atoms with Crippen molar-refractivity contribution in [3.8, 4) is 11.5 Å². The van der Waals surface area contributed by atoms with Crippen LogP contribution < -0.4 is 9.47 Å². The first-order valence-electron chi connectivity index (χ1n) is 8.56. The van der Waals surface area contributed by atoms with Crippen LogP contribution in [0, 0.1) is 15.7 Å². The molecule has 1 atom stereocenters. The smallest absolute Gasteiger partial charge is 0.316 e. The second-order valence-electron chi connectivity index (χ2n) is 8.42. The SMILES string of the molecule is CN(CC(O)c1ccc(OC(=O)C(C)(C)C)c(OC(=O)C(C)(C)C)c1)N=O. The van der Waals surface area contributed by atoms with Crippen LogP contribution in [0.25, 0.3) is 0 Å². The molecule has 0 fully saturated rings. The number of hydrogen-bond acceptors (Lipinski definition) is 7. The zero-order chi connectivity index (χ0) is 21.0. The summed E-state index contributed by atoms with van der Waals surface area (Å²) < 4.78 is 10.8. The lowest BCUT2D eigenvalue weighted by atomic mass is 9.97. The largest absolute Gasteiger partial charge is 0.422 e. The van der Waals surface area contributed by atoms with Crippen molar-refractivity contribution in [1.82, 2.24) is 5.01 Å². The molecule has 150 valence electrons. The van der Waals surface area contributed by atoms with E-state index in [1.54, 1.807) is 41.5 Å². The van der Waals surface area contributed by atoms with Crippen LogP contribution >= 0.6 is 0 Å². The van der Waals surface area contributed by atoms with Crippen molar-refractivity contribution in [2.24, 2.45) is 16.1 Å². The predicted molar refractivity (Wildman–Crippen MR) is 100 cm³/mol. The maximum absolute atomic E-state index is 12.3. The normalized spacial score (nSPS) is 12.9. The molecular weight excluding hydrogens is 352 g/mol. The Morgan fingerprint density at radius 1 is 1.04 bits per heavy atom. The van der Waals surface area contributed by atoms with Crippen molar-refractivity contribution < 1.29 is 24.2 Å². The molecule has 1 aromatic carbocycles. The minimum absolute atomic E-state index is 0.0193. The maximum Gasteiger partial charge on any atom is 0.316 e. The van der Waals surface area contributed by atoms with Gasteiger partial charge in [0.2, 0.25) is 0 Å². The van der Waals surface area contributed by atoms with E-state index in [1.165, 1.54) is 25.2 Å². The molecule has 1 N–H and O–H groups in total. The van der Waals surface area contributed by atoms with Crippen LogP contribution in [0.3, 0.4) is 0 Å². The molecule has 27 heavy (non-hydrogen) atoms. The number of ether oxygens (including phenoxy) is 2. The van der Waals surface area contributed by atoms with Gasteiger partial charge in [0.15, 0.2) is 11.5 Å². The van der Waals surface area contributed by atoms with Gasteiger partial charge < -0.3 is 14.6 Å². The van der Waals surface area contributed by atoms with Gasteiger partial charge in [-0.1, -0.05) is 6.07 Å². The van der Waals surface area contributed by atoms with E-state index in [0.717, 1.165) is 5.01 Å². The summed E-state index contributed by atoms with van der Waals surface area (Å²) in [5.74, 6) is -0.918. The highest BCUT2D eigenvalue weighted by atomic mass is 16.6. The van der Waals surface area contributed by atoms with Crippen molar-refractivity contribution in [3.05, 3.63) is 28.7 Å². The van der Waals surface area contributed by atoms with Crippen LogP contribution in [0.2, 0.25) is 0 Å². The lowest BCUT2D eigenvalue weighted by molar-refractivity contribution is -0.145. The maximum atomic E-state index is 12.3. The van der Waals surface area contributed by atoms with E-state index in [1.807, 2.05) is 0 Å². The Morgan fingerprint density at radius 3 is 1.96 bits per heavy atom. The Morgan fingerprint density at radius 2 is 1.52 bits per heavy atom. The minimum atomic E-state index is -1.05. The van der Waals surface area contributed by atoms with Crippen molar-refractivity contribution in [3.63, 3.8) is 0 Å². The van der Waals surface area contributed by atoms with E-state index in [9.17, 15) is 19.6 Å². The van der Waals surface area contributed by atoms with Gasteiger partial charge in [-0.05, 0) is 59.2 Å². The lowest BCUT2D eigenvalue weighted by Gasteiger charge is -2.22. The fraction of sp³-hybridized carbons (Fsp3) is 0.579. The fourth-order valence-corrected chi connectivity index (χ4v) is 1.79. The monoisotopic (exact) mass is 380 g/mol. The summed E-state index contributed by atoms with van der Waals surface area (Å²) in [6, 6.07) is 4.39. The van der Waals surface area contributed by atoms with Crippen molar-refractivity contribution in [2.45, 2.75) is 47.6 Å². The minimum Gasteiger partial charge on any atom is -0.422 e. The number of carbonyl (C=O) groups excluding carboxylic acids is 2. The molecule has 0 aliphatic rings. The average Bonchev–Trinajstić information content (AvgIpc) is 2.54. The second kappa shape index (κ2) is 8.47. The molecule has 8 heteroatoms. The first kappa shape index (κ1) is 22.6. The molecule has 0 aromatic heterocycles. The third kappa shape index (κ3) is 6.63. The number of aliphatic hydroxyl groups is 1. The standard InChI is InChI=1S/C19H28N2O6/c1-18(2,3)16(23)26-14-9-8-12(13(22)11-21(7)20-25)10-15(14)27-17(24)19(4,5)6/h8-10,13,22H,11H2,1-7H3. The van der Waals surface area contributed by atoms with Crippen LogP contribution in [0.4, 0.5) is 0 Å². The molecule has 0 spiro atoms. The summed E-state index contributed by atoms with van der Waals surface area (Å²) >= 11 is 0. The number of aliphatic hydroxyl groups excluding tert-OH is 1. The van der Waals surface area contributed by atoms with E-state index >= 15 is 0 Å². The number of esters is 2. The Labute approximate surface area is 159 Å². The number of rotatable bonds is 6. The van der Waals surface area contributed by atoms with Gasteiger partial charge in [-0.2, -0.15) is 0 Å². The highest BCUT2D eigenvalue weighted by Crippen LogP contribution is 2.34. The molecule has 1 unspecified atom stereocenters. The van der Waals surface area contributed by atoms with Gasteiger partial charge in [0.05, 0.1) is 28.8 Å². The van der Waals surface area contributed by atoms with Crippen LogP contribution in [-0.2, 0) is 9.59 Å². The second-order valence-corrected chi connectivity index (χ2v) is 8.42. The quantitative estimate of drug-likeness (QED) is 0.349. The molecule has 0 amide bonds. The van der Waals surface area contributed by atoms with Gasteiger partial charge in [0, 0.05) is 7.05 Å². The highest BCUT2D eigenvalue weighted by molar-refractivity contribution is 5.81. The molecule has 0 heterocycles. The highest BCUT2D eigenvalue weighted by Gasteiger charge is 2.28. The van der Waals surface area contributed by atoms with Crippen molar-refractivity contribution in [1.29, 1.82) is 0 Å². The number of nitrogens with zero attached hydrogens (tertiary/aromatic N) is 2. The summed E-state index contributed by atoms with van der Waals surface area (Å²) in [6.07, 6.45) is -1.05. The third-order valence-corrected chi connectivity index (χ3v) is 3.56. The Hall–Kier alpha value is -2.48. The number of likely N-dealkylation sites (N-methyl/N-ethyl adjacent to an activating group) is 1. The summed E-state index contributed by atoms with van der Waals surface area (Å²) in [5, 5.41) is 14.0. The number of nitroso groups, excluding NO2 is 1. The summed E-state index contributed by atoms with van der Waals surface area (Å²) in [7, 11) is 1.43. The van der Waals surface area contributed by atoms with Gasteiger partial charge in [0.1, 0.15) is 0 Å². The van der Waals surface area contributed by atoms with Crippen LogP contribution in [0.1, 0.15) is 53.2 Å². The average molecular weight is 380 g/mol. The van der Waals surface area contributed by atoms with Gasteiger partial charge in [-0.15, -0.1) is 4.91 Å². The first-order valence-corrected chi connectivity index (χ1v) is 8.56. The topological polar surface area (TPSA) is 106 Å². The van der Waals surface area contributed by atoms with Crippen LogP contribution in [0.15, 0.2) is 23.5 Å². The molecule has 8 nitrogen and oxygen atoms in total. The summed E-state index contributed by atoms with van der Waals surface area (Å²) in [5.41, 5.74) is -1.14. The molecular formula is C19H28N2O6. The molecule has 0 saturated carbocycles. The van der Waals surface area contributed by atoms with Crippen LogP contribution in [0.5, 0.6) is 11.5 Å². The van der Waals surface area contributed by atoms with E-state index in [2.05, 4.69) is 5.29 Å². The summed E-state index contributed by atoms with van der Waals surface area (Å²) in [4.78, 5) is 35.0. The van der Waals surface area contributed by atoms with Gasteiger partial charge in [0.25, 0.3) is 0 Å². The molecule has 1 aromatic rings. The van der Waals surface area contributed by atoms with Gasteiger partial charge >= 0.3 is 11.9 Å². The van der Waals surface area contributed by atoms with Gasteiger partial charge in [-0.3, -0.25) is 14.6 Å². The van der Waals surface area contributed by atoms with E-state index in [4.69, 9.17) is 9.47 Å². The molecule has 0 aliphatic heterocycles. The van der Waals surface area contributed by atoms with E-state index in [-0.39, 0.29) is 18.0 Å². The predicted octanol–water partition coefficient (Wildman–Crippen LogP) is 3.24. The molecule has 0 bridgehead atoms. The lowest BCUT2D eigenvalue weighted by Crippen LogP contribution is -2.28. The first-order chi connectivity index (χ1) is 12.3. The molecule has 0 aliphatic carbocycles. The molecule has 0 radical (unpaired) electrons. The number of benzene rings is 1. The van der Waals surface area contributed by atoms with Crippen LogP contribution in [-0.4, -0.2) is 35.6 Å². The zero-order valence-corrected chi connectivity index (χ0v) is 16.9. The third-order valence-electron chi connectivity index (χ3n) is 3.56. The van der Waals surface area contributed by atoms with E-state index < -0.39 is 28.9 Å². The Kier molecular flexibility index (Phi) is 7.08. The Bertz CT molecular complexity index is 703. The summed E-state index contributed by atoms with van der Waals surface area (Å²) in [6.45, 7) is 10.2. The van der Waals surface area contributed by atoms with Crippen molar-refractivity contribution >= 4 is 11.9 Å². The Balaban J connectivity index is 3.23. The van der Waals surface area contributed by atoms with Crippen molar-refractivity contribution in [2.75, 3.05) is 13.6 Å². The van der Waals surface area contributed by atoms with E-state index in [0.29, 0.717) is 5.56 Å². The zero-order valence-electron chi connectivity index (χ0n) is 16.9. The fourth-order valence-electron chi connectivity index (χ4n) is 1.79.